The van der Waals surface area contributed by atoms with Crippen LogP contribution in [0.2, 0.25) is 5.02 Å². The van der Waals surface area contributed by atoms with Crippen LogP contribution >= 0.6 is 11.6 Å². The van der Waals surface area contributed by atoms with Crippen molar-refractivity contribution in [3.63, 3.8) is 0 Å². The van der Waals surface area contributed by atoms with Crippen LogP contribution in [0.3, 0.4) is 0 Å². The zero-order valence-electron chi connectivity index (χ0n) is 14.0. The Bertz CT molecular complexity index is 865. The van der Waals surface area contributed by atoms with Crippen LogP contribution in [0.1, 0.15) is 27.6 Å². The molecule has 0 atom stereocenters. The van der Waals surface area contributed by atoms with Crippen molar-refractivity contribution >= 4 is 17.5 Å². The lowest BCUT2D eigenvalue weighted by Crippen LogP contribution is -2.23. The van der Waals surface area contributed by atoms with Gasteiger partial charge in [0.15, 0.2) is 5.76 Å². The first kappa shape index (κ1) is 17.1. The van der Waals surface area contributed by atoms with Gasteiger partial charge >= 0.3 is 0 Å². The normalized spacial score (nSPS) is 10.7. The van der Waals surface area contributed by atoms with Crippen molar-refractivity contribution in [3.8, 4) is 5.75 Å². The van der Waals surface area contributed by atoms with E-state index in [2.05, 4.69) is 10.4 Å². The Balaban J connectivity index is 1.58. The second kappa shape index (κ2) is 7.44. The number of aryl methyl sites for hydroxylation is 2. The highest BCUT2D eigenvalue weighted by Gasteiger charge is 2.13. The van der Waals surface area contributed by atoms with Gasteiger partial charge in [-0.25, -0.2) is 0 Å². The van der Waals surface area contributed by atoms with Gasteiger partial charge in [0, 0.05) is 13.2 Å². The first-order valence-electron chi connectivity index (χ1n) is 7.76. The van der Waals surface area contributed by atoms with Crippen LogP contribution in [0.15, 0.2) is 47.0 Å². The Morgan fingerprint density at radius 2 is 2.16 bits per heavy atom. The molecule has 1 N–H and O–H groups in total. The van der Waals surface area contributed by atoms with E-state index in [1.165, 1.54) is 0 Å². The number of ether oxygens (including phenoxy) is 1. The Morgan fingerprint density at radius 1 is 1.32 bits per heavy atom. The summed E-state index contributed by atoms with van der Waals surface area (Å²) in [4.78, 5) is 12.2. The molecule has 25 heavy (non-hydrogen) atoms. The van der Waals surface area contributed by atoms with E-state index in [4.69, 9.17) is 20.8 Å². The maximum Gasteiger partial charge on any atom is 0.287 e. The van der Waals surface area contributed by atoms with Gasteiger partial charge < -0.3 is 14.5 Å². The maximum absolute atomic E-state index is 12.2. The van der Waals surface area contributed by atoms with Crippen molar-refractivity contribution in [3.05, 3.63) is 70.4 Å². The van der Waals surface area contributed by atoms with Crippen molar-refractivity contribution in [1.82, 2.24) is 15.1 Å². The van der Waals surface area contributed by atoms with Crippen molar-refractivity contribution < 1.29 is 13.9 Å². The fraction of sp³-hybridized carbons (Fsp3) is 0.222. The van der Waals surface area contributed by atoms with Crippen molar-refractivity contribution in [1.29, 1.82) is 0 Å². The Labute approximate surface area is 150 Å². The van der Waals surface area contributed by atoms with E-state index in [-0.39, 0.29) is 18.3 Å². The van der Waals surface area contributed by atoms with E-state index in [9.17, 15) is 4.79 Å². The van der Waals surface area contributed by atoms with Crippen molar-refractivity contribution in [2.75, 3.05) is 0 Å². The molecule has 0 radical (unpaired) electrons. The summed E-state index contributed by atoms with van der Waals surface area (Å²) in [6.45, 7) is 2.49. The minimum absolute atomic E-state index is 0.194. The molecule has 2 heterocycles. The molecule has 7 heteroatoms. The Morgan fingerprint density at radius 3 is 2.88 bits per heavy atom. The lowest BCUT2D eigenvalue weighted by atomic mass is 10.2. The first-order valence-corrected chi connectivity index (χ1v) is 8.14. The summed E-state index contributed by atoms with van der Waals surface area (Å²) in [7, 11) is 1.82. The number of halogens is 1. The van der Waals surface area contributed by atoms with Gasteiger partial charge in [0.05, 0.1) is 17.3 Å². The minimum atomic E-state index is -0.290. The van der Waals surface area contributed by atoms with E-state index in [0.29, 0.717) is 23.1 Å². The number of aromatic nitrogens is 2. The molecule has 3 aromatic rings. The van der Waals surface area contributed by atoms with E-state index < -0.39 is 0 Å². The molecule has 3 rings (SSSR count). The monoisotopic (exact) mass is 359 g/mol. The second-order valence-corrected chi connectivity index (χ2v) is 5.98. The number of amides is 1. The highest BCUT2D eigenvalue weighted by molar-refractivity contribution is 6.32. The number of furan rings is 1. The molecule has 0 unspecified atom stereocenters. The van der Waals surface area contributed by atoms with Gasteiger partial charge in [-0.3, -0.25) is 9.48 Å². The fourth-order valence-corrected chi connectivity index (χ4v) is 2.63. The second-order valence-electron chi connectivity index (χ2n) is 5.57. The van der Waals surface area contributed by atoms with Crippen LogP contribution in [0.5, 0.6) is 5.75 Å². The van der Waals surface area contributed by atoms with Crippen LogP contribution in [0.25, 0.3) is 0 Å². The molecule has 0 aliphatic heterocycles. The smallest absolute Gasteiger partial charge is 0.287 e. The van der Waals surface area contributed by atoms with Gasteiger partial charge in [-0.2, -0.15) is 5.10 Å². The van der Waals surface area contributed by atoms with Gasteiger partial charge in [0.25, 0.3) is 5.91 Å². The zero-order chi connectivity index (χ0) is 17.8. The Hall–Kier alpha value is -2.73. The molecule has 2 aromatic heterocycles. The summed E-state index contributed by atoms with van der Waals surface area (Å²) in [6, 6.07) is 10.7. The van der Waals surface area contributed by atoms with Crippen molar-refractivity contribution in [2.24, 2.45) is 7.05 Å². The summed E-state index contributed by atoms with van der Waals surface area (Å²) in [5, 5.41) is 7.39. The maximum atomic E-state index is 12.2. The number of rotatable bonds is 6. The number of para-hydroxylation sites is 1. The third kappa shape index (κ3) is 4.03. The summed E-state index contributed by atoms with van der Waals surface area (Å²) in [6.07, 6.45) is 1.68. The molecule has 0 saturated carbocycles. The lowest BCUT2D eigenvalue weighted by Gasteiger charge is -2.09. The summed E-state index contributed by atoms with van der Waals surface area (Å²) in [5.74, 6) is 1.10. The molecule has 0 fully saturated rings. The SMILES string of the molecule is Cc1cccc(Cl)c1OCc1ccc(C(=O)NCc2ccnn2C)o1. The first-order chi connectivity index (χ1) is 12.0. The van der Waals surface area contributed by atoms with Gasteiger partial charge in [0.2, 0.25) is 0 Å². The number of nitrogens with zero attached hydrogens (tertiary/aromatic N) is 2. The molecule has 0 aliphatic rings. The summed E-state index contributed by atoms with van der Waals surface area (Å²) >= 11 is 6.13. The number of carbonyl (C=O) groups is 1. The molecular formula is C18H18ClN3O3. The van der Waals surface area contributed by atoms with Gasteiger partial charge in [-0.1, -0.05) is 23.7 Å². The average molecular weight is 360 g/mol. The van der Waals surface area contributed by atoms with Gasteiger partial charge in [-0.15, -0.1) is 0 Å². The topological polar surface area (TPSA) is 69.3 Å². The molecule has 0 saturated heterocycles. The van der Waals surface area contributed by atoms with E-state index in [0.717, 1.165) is 11.3 Å². The predicted octanol–water partition coefficient (Wildman–Crippen LogP) is 3.48. The predicted molar refractivity (Wildman–Crippen MR) is 93.6 cm³/mol. The van der Waals surface area contributed by atoms with Crippen LogP contribution in [0, 0.1) is 6.92 Å². The Kier molecular flexibility index (Phi) is 5.09. The number of benzene rings is 1. The standard InChI is InChI=1S/C18H18ClN3O3/c1-12-4-3-5-15(19)17(12)24-11-14-6-7-16(25-14)18(23)20-10-13-8-9-21-22(13)2/h3-9H,10-11H2,1-2H3,(H,20,23). The van der Waals surface area contributed by atoms with Crippen molar-refractivity contribution in [2.45, 2.75) is 20.1 Å². The molecular weight excluding hydrogens is 342 g/mol. The summed E-state index contributed by atoms with van der Waals surface area (Å²) in [5.41, 5.74) is 1.84. The minimum Gasteiger partial charge on any atom is -0.484 e. The number of carbonyl (C=O) groups excluding carboxylic acids is 1. The van der Waals surface area contributed by atoms with E-state index in [1.54, 1.807) is 29.1 Å². The molecule has 0 spiro atoms. The largest absolute Gasteiger partial charge is 0.484 e. The van der Waals surface area contributed by atoms with E-state index in [1.807, 2.05) is 32.2 Å². The third-order valence-electron chi connectivity index (χ3n) is 3.76. The molecule has 1 aromatic carbocycles. The molecule has 1 amide bonds. The van der Waals surface area contributed by atoms with Crippen LogP contribution in [-0.4, -0.2) is 15.7 Å². The van der Waals surface area contributed by atoms with Gasteiger partial charge in [-0.05, 0) is 36.8 Å². The van der Waals surface area contributed by atoms with Crippen LogP contribution < -0.4 is 10.1 Å². The zero-order valence-corrected chi connectivity index (χ0v) is 14.7. The highest BCUT2D eigenvalue weighted by atomic mass is 35.5. The van der Waals surface area contributed by atoms with Crippen LogP contribution in [0.4, 0.5) is 0 Å². The number of hydrogen-bond acceptors (Lipinski definition) is 4. The quantitative estimate of drug-likeness (QED) is 0.731. The fourth-order valence-electron chi connectivity index (χ4n) is 2.35. The molecule has 6 nitrogen and oxygen atoms in total. The average Bonchev–Trinajstić information content (AvgIpc) is 3.21. The highest BCUT2D eigenvalue weighted by Crippen LogP contribution is 2.28. The van der Waals surface area contributed by atoms with Gasteiger partial charge in [0.1, 0.15) is 18.1 Å². The molecule has 130 valence electrons. The van der Waals surface area contributed by atoms with Crippen LogP contribution in [-0.2, 0) is 20.2 Å². The number of nitrogens with one attached hydrogen (secondary N) is 1. The molecule has 0 bridgehead atoms. The summed E-state index contributed by atoms with van der Waals surface area (Å²) < 4.78 is 13.0. The van der Waals surface area contributed by atoms with E-state index >= 15 is 0 Å². The molecule has 0 aliphatic carbocycles. The lowest BCUT2D eigenvalue weighted by molar-refractivity contribution is 0.0918. The number of hydrogen-bond donors (Lipinski definition) is 1. The third-order valence-corrected chi connectivity index (χ3v) is 4.06.